The minimum Gasteiger partial charge on any atom is -0.508 e. The van der Waals surface area contributed by atoms with Crippen LogP contribution in [0.4, 0.5) is 5.13 Å². The lowest BCUT2D eigenvalue weighted by Crippen LogP contribution is -2.29. The number of hydrogen-bond donors (Lipinski definition) is 2. The van der Waals surface area contributed by atoms with Gasteiger partial charge >= 0.3 is 5.91 Å². The quantitative estimate of drug-likeness (QED) is 0.181. The second-order valence-corrected chi connectivity index (χ2v) is 10.2. The number of carbonyl (C=O) groups excluding carboxylic acids is 2. The largest absolute Gasteiger partial charge is 0.508 e. The van der Waals surface area contributed by atoms with Gasteiger partial charge in [0.25, 0.3) is 5.78 Å². The van der Waals surface area contributed by atoms with Gasteiger partial charge in [-0.1, -0.05) is 48.1 Å². The van der Waals surface area contributed by atoms with Gasteiger partial charge in [0.15, 0.2) is 5.13 Å². The number of rotatable bonds is 5. The van der Waals surface area contributed by atoms with Gasteiger partial charge in [-0.2, -0.15) is 0 Å². The molecule has 2 heterocycles. The number of carbonyl (C=O) groups is 2. The van der Waals surface area contributed by atoms with Crippen molar-refractivity contribution in [2.75, 3.05) is 12.0 Å². The molecule has 1 saturated heterocycles. The average Bonchev–Trinajstić information content (AvgIpc) is 3.41. The maximum Gasteiger partial charge on any atom is 0.301 e. The highest BCUT2D eigenvalue weighted by Gasteiger charge is 2.48. The standard InChI is InChI=1S/C28H23ClN2O5S/c1-4-15-5-10-20-21(13-15)37-28(30-20)31-23(16-6-8-17(32)9-7-16)22(25(34)27(31)35)24(33)18-11-14(2)12-19(29)26(18)36-3/h5-13,23,32-33H,4H2,1-3H3/b24-22+. The molecule has 0 radical (unpaired) electrons. The summed E-state index contributed by atoms with van der Waals surface area (Å²) in [7, 11) is 1.41. The van der Waals surface area contributed by atoms with Crippen LogP contribution >= 0.6 is 22.9 Å². The highest BCUT2D eigenvalue weighted by atomic mass is 35.5. The predicted octanol–water partition coefficient (Wildman–Crippen LogP) is 6.16. The Kier molecular flexibility index (Phi) is 6.39. The van der Waals surface area contributed by atoms with Crippen molar-refractivity contribution >= 4 is 55.7 Å². The van der Waals surface area contributed by atoms with E-state index in [0.29, 0.717) is 16.2 Å². The van der Waals surface area contributed by atoms with Crippen molar-refractivity contribution in [3.63, 3.8) is 0 Å². The Labute approximate surface area is 222 Å². The molecule has 1 atom stereocenters. The SMILES string of the molecule is CCc1ccc2nc(N3C(=O)C(=O)/C(=C(/O)c4cc(C)cc(Cl)c4OC)C3c3ccc(O)cc3)sc2c1. The molecule has 1 aromatic heterocycles. The number of methoxy groups -OCH3 is 1. The minimum atomic E-state index is -0.990. The van der Waals surface area contributed by atoms with E-state index in [2.05, 4.69) is 11.9 Å². The first-order chi connectivity index (χ1) is 17.7. The Morgan fingerprint density at radius 1 is 1.14 bits per heavy atom. The van der Waals surface area contributed by atoms with E-state index in [-0.39, 0.29) is 27.7 Å². The molecule has 0 spiro atoms. The number of aromatic hydroxyl groups is 1. The van der Waals surface area contributed by atoms with Gasteiger partial charge in [-0.05, 0) is 66.4 Å². The van der Waals surface area contributed by atoms with Crippen LogP contribution in [0.5, 0.6) is 11.5 Å². The Morgan fingerprint density at radius 2 is 1.86 bits per heavy atom. The summed E-state index contributed by atoms with van der Waals surface area (Å²) in [6.07, 6.45) is 0.849. The molecule has 2 N–H and O–H groups in total. The van der Waals surface area contributed by atoms with Crippen LogP contribution < -0.4 is 9.64 Å². The van der Waals surface area contributed by atoms with Gasteiger partial charge in [-0.15, -0.1) is 0 Å². The van der Waals surface area contributed by atoms with E-state index in [1.807, 2.05) is 18.2 Å². The first kappa shape index (κ1) is 24.8. The van der Waals surface area contributed by atoms with Crippen LogP contribution in [0.15, 0.2) is 60.2 Å². The van der Waals surface area contributed by atoms with Crippen LogP contribution in [0.3, 0.4) is 0 Å². The smallest absolute Gasteiger partial charge is 0.301 e. The van der Waals surface area contributed by atoms with Crippen LogP contribution in [-0.2, 0) is 16.0 Å². The minimum absolute atomic E-state index is 0.0277. The first-order valence-corrected chi connectivity index (χ1v) is 12.8. The zero-order chi connectivity index (χ0) is 26.4. The van der Waals surface area contributed by atoms with E-state index in [9.17, 15) is 19.8 Å². The van der Waals surface area contributed by atoms with Gasteiger partial charge in [0.1, 0.15) is 17.3 Å². The molecule has 1 fully saturated rings. The molecule has 0 aliphatic carbocycles. The van der Waals surface area contributed by atoms with Crippen molar-refractivity contribution in [1.82, 2.24) is 4.98 Å². The van der Waals surface area contributed by atoms with Crippen LogP contribution in [0.25, 0.3) is 16.0 Å². The number of ketones is 1. The van der Waals surface area contributed by atoms with Gasteiger partial charge in [0.2, 0.25) is 0 Å². The zero-order valence-electron chi connectivity index (χ0n) is 20.3. The summed E-state index contributed by atoms with van der Waals surface area (Å²) in [6, 6.07) is 14.4. The molecule has 5 rings (SSSR count). The molecule has 3 aromatic carbocycles. The van der Waals surface area contributed by atoms with E-state index in [1.165, 1.54) is 35.5 Å². The molecule has 9 heteroatoms. The molecule has 1 aliphatic rings. The summed E-state index contributed by atoms with van der Waals surface area (Å²) in [6.45, 7) is 3.85. The highest BCUT2D eigenvalue weighted by molar-refractivity contribution is 7.22. The predicted molar refractivity (Wildman–Crippen MR) is 145 cm³/mol. The number of hydrogen-bond acceptors (Lipinski definition) is 7. The van der Waals surface area contributed by atoms with Crippen LogP contribution in [-0.4, -0.2) is 34.0 Å². The molecule has 7 nitrogen and oxygen atoms in total. The van der Waals surface area contributed by atoms with Crippen molar-refractivity contribution in [3.05, 3.63) is 87.4 Å². The Hall–Kier alpha value is -3.88. The maximum atomic E-state index is 13.5. The fraction of sp³-hybridized carbons (Fsp3) is 0.179. The van der Waals surface area contributed by atoms with E-state index in [0.717, 1.165) is 22.2 Å². The molecule has 1 aliphatic heterocycles. The molecular weight excluding hydrogens is 512 g/mol. The van der Waals surface area contributed by atoms with Crippen molar-refractivity contribution < 1.29 is 24.5 Å². The number of halogens is 1. The van der Waals surface area contributed by atoms with Crippen molar-refractivity contribution in [2.24, 2.45) is 0 Å². The van der Waals surface area contributed by atoms with Crippen LogP contribution in [0.1, 0.15) is 35.2 Å². The maximum absolute atomic E-state index is 13.5. The van der Waals surface area contributed by atoms with Crippen molar-refractivity contribution in [1.29, 1.82) is 0 Å². The van der Waals surface area contributed by atoms with E-state index < -0.39 is 23.5 Å². The Bertz CT molecular complexity index is 1590. The highest BCUT2D eigenvalue weighted by Crippen LogP contribution is 2.46. The fourth-order valence-electron chi connectivity index (χ4n) is 4.54. The number of aliphatic hydroxyl groups excluding tert-OH is 1. The molecule has 1 amide bonds. The van der Waals surface area contributed by atoms with Crippen molar-refractivity contribution in [2.45, 2.75) is 26.3 Å². The first-order valence-electron chi connectivity index (χ1n) is 11.6. The third-order valence-electron chi connectivity index (χ3n) is 6.36. The number of ether oxygens (including phenoxy) is 1. The molecule has 0 saturated carbocycles. The number of nitrogens with zero attached hydrogens (tertiary/aromatic N) is 2. The second-order valence-electron chi connectivity index (χ2n) is 8.74. The second kappa shape index (κ2) is 9.53. The number of aryl methyl sites for hydroxylation is 2. The molecule has 4 aromatic rings. The van der Waals surface area contributed by atoms with Gasteiger partial charge in [0.05, 0.1) is 39.5 Å². The van der Waals surface area contributed by atoms with Gasteiger partial charge in [0, 0.05) is 0 Å². The number of fused-ring (bicyclic) bond motifs is 1. The number of amides is 1. The summed E-state index contributed by atoms with van der Waals surface area (Å²) in [4.78, 5) is 32.9. The number of benzene rings is 3. The fourth-order valence-corrected chi connectivity index (χ4v) is 5.95. The monoisotopic (exact) mass is 534 g/mol. The number of anilines is 1. The zero-order valence-corrected chi connectivity index (χ0v) is 21.9. The Morgan fingerprint density at radius 3 is 2.54 bits per heavy atom. The number of phenols is 1. The molecule has 1 unspecified atom stereocenters. The summed E-state index contributed by atoms with van der Waals surface area (Å²) < 4.78 is 6.31. The van der Waals surface area contributed by atoms with E-state index >= 15 is 0 Å². The molecule has 0 bridgehead atoms. The lowest BCUT2D eigenvalue weighted by Gasteiger charge is -2.23. The van der Waals surface area contributed by atoms with E-state index in [4.69, 9.17) is 16.3 Å². The third kappa shape index (κ3) is 4.22. The van der Waals surface area contributed by atoms with Gasteiger partial charge < -0.3 is 14.9 Å². The number of aliphatic hydroxyl groups is 1. The van der Waals surface area contributed by atoms with E-state index in [1.54, 1.807) is 31.2 Å². The van der Waals surface area contributed by atoms with Crippen molar-refractivity contribution in [3.8, 4) is 11.5 Å². The lowest BCUT2D eigenvalue weighted by molar-refractivity contribution is -0.132. The number of thiazole rings is 1. The van der Waals surface area contributed by atoms with Crippen LogP contribution in [0.2, 0.25) is 5.02 Å². The van der Waals surface area contributed by atoms with Crippen LogP contribution in [0, 0.1) is 6.92 Å². The molecular formula is C28H23ClN2O5S. The summed E-state index contributed by atoms with van der Waals surface area (Å²) in [5.74, 6) is -1.86. The topological polar surface area (TPSA) is 100.0 Å². The number of phenolic OH excluding ortho intramolecular Hbond substituents is 1. The average molecular weight is 535 g/mol. The lowest BCUT2D eigenvalue weighted by atomic mass is 9.94. The summed E-state index contributed by atoms with van der Waals surface area (Å²) in [5.41, 5.74) is 3.17. The normalized spacial score (nSPS) is 17.1. The number of aromatic nitrogens is 1. The Balaban J connectivity index is 1.76. The summed E-state index contributed by atoms with van der Waals surface area (Å²) >= 11 is 7.65. The van der Waals surface area contributed by atoms with Gasteiger partial charge in [-0.25, -0.2) is 4.98 Å². The third-order valence-corrected chi connectivity index (χ3v) is 7.65. The van der Waals surface area contributed by atoms with Gasteiger partial charge in [-0.3, -0.25) is 14.5 Å². The molecule has 188 valence electrons. The number of Topliss-reactive ketones (excluding diaryl/α,β-unsaturated/α-hetero) is 1. The summed E-state index contributed by atoms with van der Waals surface area (Å²) in [5, 5.41) is 22.0. The molecule has 37 heavy (non-hydrogen) atoms.